The second kappa shape index (κ2) is 7.33. The fourth-order valence-electron chi connectivity index (χ4n) is 5.12. The van der Waals surface area contributed by atoms with E-state index in [1.165, 1.54) is 38.9 Å². The predicted octanol–water partition coefficient (Wildman–Crippen LogP) is 5.26. The Balaban J connectivity index is 1.53. The maximum atomic E-state index is 13.2. The molecule has 4 aromatic carbocycles. The van der Waals surface area contributed by atoms with Gasteiger partial charge in [-0.25, -0.2) is 0 Å². The van der Waals surface area contributed by atoms with E-state index in [9.17, 15) is 4.79 Å². The van der Waals surface area contributed by atoms with Crippen LogP contribution in [0.1, 0.15) is 55.2 Å². The minimum absolute atomic E-state index is 0.0929. The van der Waals surface area contributed by atoms with Gasteiger partial charge in [-0.2, -0.15) is 0 Å². The van der Waals surface area contributed by atoms with Crippen molar-refractivity contribution in [1.82, 2.24) is 0 Å². The molecule has 1 nitrogen and oxygen atoms in total. The van der Waals surface area contributed by atoms with Gasteiger partial charge in [-0.05, 0) is 0 Å². The van der Waals surface area contributed by atoms with Gasteiger partial charge < -0.3 is 0 Å². The van der Waals surface area contributed by atoms with Gasteiger partial charge in [0.25, 0.3) is 0 Å². The molecule has 3 aliphatic rings. The topological polar surface area (TPSA) is 17.1 Å². The molecule has 4 aromatic rings. The molecule has 0 radical (unpaired) electrons. The molecule has 0 atom stereocenters. The number of rotatable bonds is 4. The van der Waals surface area contributed by atoms with Crippen LogP contribution in [-0.4, -0.2) is 30.9 Å². The van der Waals surface area contributed by atoms with E-state index in [0.717, 1.165) is 5.56 Å². The predicted molar refractivity (Wildman–Crippen MR) is 127 cm³/mol. The summed E-state index contributed by atoms with van der Waals surface area (Å²) in [5.41, 5.74) is 10.5. The van der Waals surface area contributed by atoms with Crippen molar-refractivity contribution in [2.24, 2.45) is 0 Å². The maximum absolute atomic E-state index is 13.2. The molecule has 0 amide bonds. The molecule has 0 N–H and O–H groups in total. The van der Waals surface area contributed by atoms with Crippen LogP contribution in [0.15, 0.2) is 97.1 Å². The number of aryl methyl sites for hydroxylation is 1. The summed E-state index contributed by atoms with van der Waals surface area (Å²) in [4.78, 5) is 13.2. The van der Waals surface area contributed by atoms with Crippen LogP contribution in [0.5, 0.6) is 0 Å². The first-order valence-electron chi connectivity index (χ1n) is 10.4. The second-order valence-corrected chi connectivity index (χ2v) is 14.6. The molecule has 150 valence electrons. The summed E-state index contributed by atoms with van der Waals surface area (Å²) >= 11 is -0.0184. The quantitative estimate of drug-likeness (QED) is 0.329. The van der Waals surface area contributed by atoms with Crippen LogP contribution in [-0.2, 0) is 4.31 Å². The molecule has 0 unspecified atom stereocenters. The summed E-state index contributed by atoms with van der Waals surface area (Å²) < 4.78 is 0.119. The van der Waals surface area contributed by atoms with Crippen LogP contribution in [0.4, 0.5) is 0 Å². The fraction of sp³-hybridized carbons (Fsp3) is 0.107. The van der Waals surface area contributed by atoms with Crippen molar-refractivity contribution in [2.45, 2.75) is 17.2 Å². The first-order valence-corrected chi connectivity index (χ1v) is 16.5. The molecule has 3 aliphatic carbocycles. The zero-order chi connectivity index (χ0) is 21.0. The Labute approximate surface area is 193 Å². The zero-order valence-corrected chi connectivity index (χ0v) is 20.5. The van der Waals surface area contributed by atoms with Crippen molar-refractivity contribution in [3.63, 3.8) is 0 Å². The van der Waals surface area contributed by atoms with Crippen LogP contribution >= 0.6 is 0 Å². The van der Waals surface area contributed by atoms with Gasteiger partial charge >= 0.3 is 194 Å². The van der Waals surface area contributed by atoms with Crippen molar-refractivity contribution in [3.8, 4) is 0 Å². The van der Waals surface area contributed by atoms with Gasteiger partial charge in [0.1, 0.15) is 0 Å². The summed E-state index contributed by atoms with van der Waals surface area (Å²) in [6.45, 7) is 2.06. The standard InChI is InChI=1S/C28H20OSe2/c1-18-14-16-19(17-15-18)27(29)30-31-28-23-11-5-2-8-20(23)26(21-9-3-6-12-24(21)28)22-10-4-7-13-25(22)28/h2-17,26H,1H3. The summed E-state index contributed by atoms with van der Waals surface area (Å²) in [7, 11) is 0. The molecule has 2 bridgehead atoms. The van der Waals surface area contributed by atoms with Crippen molar-refractivity contribution < 1.29 is 4.79 Å². The normalized spacial score (nSPS) is 20.0. The van der Waals surface area contributed by atoms with Gasteiger partial charge in [-0.3, -0.25) is 0 Å². The first kappa shape index (κ1) is 19.3. The molecule has 0 spiro atoms. The molecule has 3 heteroatoms. The van der Waals surface area contributed by atoms with E-state index in [-0.39, 0.29) is 30.6 Å². The monoisotopic (exact) mass is 532 g/mol. The minimum atomic E-state index is -0.189. The molecule has 0 saturated heterocycles. The van der Waals surface area contributed by atoms with Crippen LogP contribution in [0.3, 0.4) is 0 Å². The Bertz CT molecular complexity index is 1210. The van der Waals surface area contributed by atoms with Gasteiger partial charge in [-0.1, -0.05) is 0 Å². The van der Waals surface area contributed by atoms with E-state index >= 15 is 0 Å². The third-order valence-corrected chi connectivity index (χ3v) is 14.7. The molecule has 7 rings (SSSR count). The number of benzene rings is 4. The second-order valence-electron chi connectivity index (χ2n) is 8.20. The van der Waals surface area contributed by atoms with Crippen molar-refractivity contribution in [1.29, 1.82) is 0 Å². The van der Waals surface area contributed by atoms with E-state index in [0.29, 0.717) is 10.6 Å². The molecule has 31 heavy (non-hydrogen) atoms. The van der Waals surface area contributed by atoms with E-state index in [2.05, 4.69) is 79.7 Å². The third kappa shape index (κ3) is 2.78. The van der Waals surface area contributed by atoms with Gasteiger partial charge in [0.15, 0.2) is 0 Å². The first-order chi connectivity index (χ1) is 15.2. The Hall–Kier alpha value is -2.41. The van der Waals surface area contributed by atoms with Crippen molar-refractivity contribution in [2.75, 3.05) is 0 Å². The van der Waals surface area contributed by atoms with Crippen molar-refractivity contribution >= 4 is 30.9 Å². The summed E-state index contributed by atoms with van der Waals surface area (Å²) in [6, 6.07) is 34.8. The molecule has 0 heterocycles. The van der Waals surface area contributed by atoms with E-state index < -0.39 is 0 Å². The summed E-state index contributed by atoms with van der Waals surface area (Å²) in [5, 5.41) is 0. The molecular weight excluding hydrogens is 510 g/mol. The van der Waals surface area contributed by atoms with Crippen molar-refractivity contribution in [3.05, 3.63) is 142 Å². The van der Waals surface area contributed by atoms with E-state index in [1.807, 2.05) is 24.3 Å². The van der Waals surface area contributed by atoms with E-state index in [4.69, 9.17) is 0 Å². The molecule has 0 aromatic heterocycles. The Morgan fingerprint density at radius 1 is 0.677 bits per heavy atom. The van der Waals surface area contributed by atoms with Crippen LogP contribution in [0.2, 0.25) is 0 Å². The molecular formula is C28H20OSe2. The molecule has 0 saturated carbocycles. The molecule has 0 aliphatic heterocycles. The Kier molecular flexibility index (Phi) is 4.56. The Morgan fingerprint density at radius 2 is 1.13 bits per heavy atom. The van der Waals surface area contributed by atoms with E-state index in [1.54, 1.807) is 0 Å². The van der Waals surface area contributed by atoms with Crippen LogP contribution < -0.4 is 0 Å². The summed E-state index contributed by atoms with van der Waals surface area (Å²) in [6.07, 6.45) is 0. The number of hydrogen-bond donors (Lipinski definition) is 0. The van der Waals surface area contributed by atoms with Gasteiger partial charge in [-0.15, -0.1) is 0 Å². The third-order valence-electron chi connectivity index (χ3n) is 6.48. The van der Waals surface area contributed by atoms with Gasteiger partial charge in [0.05, 0.1) is 0 Å². The van der Waals surface area contributed by atoms with Gasteiger partial charge in [0, 0.05) is 0 Å². The molecule has 0 fully saturated rings. The van der Waals surface area contributed by atoms with Crippen LogP contribution in [0, 0.1) is 6.92 Å². The zero-order valence-electron chi connectivity index (χ0n) is 17.0. The average molecular weight is 530 g/mol. The number of carbonyl (C=O) groups excluding carboxylic acids is 1. The Morgan fingerprint density at radius 3 is 1.61 bits per heavy atom. The SMILES string of the molecule is Cc1ccc(C(=O)[Se][Se]C23c4ccccc4C(c4ccccc42)c2ccccc23)cc1. The number of hydrogen-bond acceptors (Lipinski definition) is 1. The average Bonchev–Trinajstić information content (AvgIpc) is 2.83. The fourth-order valence-corrected chi connectivity index (χ4v) is 13.9. The summed E-state index contributed by atoms with van der Waals surface area (Å²) in [5.74, 6) is 0.293. The van der Waals surface area contributed by atoms with Crippen LogP contribution in [0.25, 0.3) is 0 Å². The number of carbonyl (C=O) groups is 1. The van der Waals surface area contributed by atoms with Gasteiger partial charge in [0.2, 0.25) is 0 Å².